The van der Waals surface area contributed by atoms with Crippen LogP contribution in [0.15, 0.2) is 35.3 Å². The minimum absolute atomic E-state index is 0. The van der Waals surface area contributed by atoms with Crippen molar-refractivity contribution in [2.24, 2.45) is 4.99 Å². The molecule has 0 radical (unpaired) electrons. The Balaban J connectivity index is 0.00000208. The number of aliphatic imine (C=N–C) groups is 1. The summed E-state index contributed by atoms with van der Waals surface area (Å²) in [6, 6.07) is 11.5. The Morgan fingerprint density at radius 2 is 2.00 bits per heavy atom. The average molecular weight is 442 g/mol. The third kappa shape index (κ3) is 4.85. The molecule has 0 spiro atoms. The summed E-state index contributed by atoms with van der Waals surface area (Å²) in [4.78, 5) is 9.83. The molecule has 2 aliphatic heterocycles. The molecule has 2 atom stereocenters. The van der Waals surface area contributed by atoms with Crippen LogP contribution >= 0.6 is 24.0 Å². The van der Waals surface area contributed by atoms with Crippen molar-refractivity contribution in [2.75, 3.05) is 39.8 Å². The second kappa shape index (κ2) is 9.61. The summed E-state index contributed by atoms with van der Waals surface area (Å²) in [6.07, 6.45) is 3.82. The molecule has 2 fully saturated rings. The Bertz CT molecular complexity index is 519. The number of nitrogens with one attached hydrogen (secondary N) is 1. The maximum Gasteiger partial charge on any atom is 0.193 e. The van der Waals surface area contributed by atoms with E-state index in [0.29, 0.717) is 12.0 Å². The smallest absolute Gasteiger partial charge is 0.193 e. The molecule has 2 unspecified atom stereocenters. The van der Waals surface area contributed by atoms with E-state index in [1.165, 1.54) is 31.4 Å². The van der Waals surface area contributed by atoms with Crippen molar-refractivity contribution in [2.45, 2.75) is 38.1 Å². The molecule has 2 saturated heterocycles. The monoisotopic (exact) mass is 442 g/mol. The Morgan fingerprint density at radius 3 is 2.67 bits per heavy atom. The number of nitrogens with zero attached hydrogens (tertiary/aromatic N) is 3. The van der Waals surface area contributed by atoms with Crippen molar-refractivity contribution in [3.05, 3.63) is 35.9 Å². The van der Waals surface area contributed by atoms with Gasteiger partial charge in [0.15, 0.2) is 5.96 Å². The number of guanidine groups is 1. The third-order valence-electron chi connectivity index (χ3n) is 5.22. The van der Waals surface area contributed by atoms with Gasteiger partial charge in [0.05, 0.1) is 6.54 Å². The highest BCUT2D eigenvalue weighted by Gasteiger charge is 2.26. The van der Waals surface area contributed by atoms with E-state index in [2.05, 4.69) is 59.4 Å². The molecule has 24 heavy (non-hydrogen) atoms. The molecule has 0 saturated carbocycles. The van der Waals surface area contributed by atoms with Crippen LogP contribution in [0.5, 0.6) is 0 Å². The van der Waals surface area contributed by atoms with Gasteiger partial charge in [0.25, 0.3) is 0 Å². The number of hydrogen-bond donors (Lipinski definition) is 1. The first-order valence-electron chi connectivity index (χ1n) is 9.06. The van der Waals surface area contributed by atoms with E-state index in [4.69, 9.17) is 4.99 Å². The van der Waals surface area contributed by atoms with Crippen LogP contribution in [0.3, 0.4) is 0 Å². The van der Waals surface area contributed by atoms with Crippen LogP contribution in [0.2, 0.25) is 0 Å². The van der Waals surface area contributed by atoms with Gasteiger partial charge in [-0.15, -0.1) is 24.0 Å². The molecule has 1 N–H and O–H groups in total. The second-order valence-corrected chi connectivity index (χ2v) is 6.81. The molecular weight excluding hydrogens is 411 g/mol. The van der Waals surface area contributed by atoms with Gasteiger partial charge in [-0.2, -0.15) is 0 Å². The van der Waals surface area contributed by atoms with Crippen LogP contribution in [0.1, 0.15) is 37.7 Å². The molecule has 0 amide bonds. The van der Waals surface area contributed by atoms with Gasteiger partial charge >= 0.3 is 0 Å². The average Bonchev–Trinajstić information content (AvgIpc) is 3.22. The molecule has 0 aliphatic carbocycles. The standard InChI is InChI=1S/C19H30N4.HI/c1-3-20-19(21-14-18-10-7-12-22(18)2)23-13-11-17(15-23)16-8-5-4-6-9-16;/h4-6,8-9,17-18H,3,7,10-15H2,1-2H3,(H,20,21);1H. The van der Waals surface area contributed by atoms with Crippen LogP contribution in [0.25, 0.3) is 0 Å². The summed E-state index contributed by atoms with van der Waals surface area (Å²) in [6.45, 7) is 7.41. The summed E-state index contributed by atoms with van der Waals surface area (Å²) in [5.41, 5.74) is 1.46. The van der Waals surface area contributed by atoms with Crippen molar-refractivity contribution >= 4 is 29.9 Å². The van der Waals surface area contributed by atoms with E-state index in [0.717, 1.165) is 32.1 Å². The largest absolute Gasteiger partial charge is 0.357 e. The van der Waals surface area contributed by atoms with Crippen LogP contribution in [0.4, 0.5) is 0 Å². The first kappa shape index (κ1) is 19.5. The van der Waals surface area contributed by atoms with Crippen molar-refractivity contribution in [1.29, 1.82) is 0 Å². The van der Waals surface area contributed by atoms with Gasteiger partial charge < -0.3 is 15.1 Å². The van der Waals surface area contributed by atoms with Crippen LogP contribution in [-0.2, 0) is 0 Å². The molecule has 2 heterocycles. The highest BCUT2D eigenvalue weighted by atomic mass is 127. The second-order valence-electron chi connectivity index (χ2n) is 6.81. The van der Waals surface area contributed by atoms with Gasteiger partial charge in [0.2, 0.25) is 0 Å². The summed E-state index contributed by atoms with van der Waals surface area (Å²) >= 11 is 0. The molecular formula is C19H31IN4. The molecule has 5 heteroatoms. The number of likely N-dealkylation sites (tertiary alicyclic amines) is 2. The van der Waals surface area contributed by atoms with Gasteiger partial charge in [-0.05, 0) is 45.3 Å². The minimum Gasteiger partial charge on any atom is -0.357 e. The zero-order chi connectivity index (χ0) is 16.1. The van der Waals surface area contributed by atoms with Crippen molar-refractivity contribution in [3.63, 3.8) is 0 Å². The van der Waals surface area contributed by atoms with Crippen molar-refractivity contribution in [1.82, 2.24) is 15.1 Å². The van der Waals surface area contributed by atoms with Gasteiger partial charge in [-0.25, -0.2) is 0 Å². The Morgan fingerprint density at radius 1 is 1.21 bits per heavy atom. The van der Waals surface area contributed by atoms with E-state index in [1.807, 2.05) is 0 Å². The predicted octanol–water partition coefficient (Wildman–Crippen LogP) is 3.15. The van der Waals surface area contributed by atoms with Gasteiger partial charge in [0, 0.05) is 31.6 Å². The molecule has 134 valence electrons. The van der Waals surface area contributed by atoms with E-state index < -0.39 is 0 Å². The van der Waals surface area contributed by atoms with Gasteiger partial charge in [0.1, 0.15) is 0 Å². The molecule has 3 rings (SSSR count). The maximum atomic E-state index is 4.95. The maximum absolute atomic E-state index is 4.95. The fourth-order valence-electron chi connectivity index (χ4n) is 3.78. The SMILES string of the molecule is CCNC(=NCC1CCCN1C)N1CCC(c2ccccc2)C1.I. The first-order chi connectivity index (χ1) is 11.3. The molecule has 4 nitrogen and oxygen atoms in total. The number of rotatable bonds is 4. The molecule has 1 aromatic carbocycles. The topological polar surface area (TPSA) is 30.9 Å². The lowest BCUT2D eigenvalue weighted by Gasteiger charge is -2.23. The Hall–Kier alpha value is -0.820. The molecule has 0 bridgehead atoms. The lowest BCUT2D eigenvalue weighted by atomic mass is 9.99. The van der Waals surface area contributed by atoms with Crippen LogP contribution in [-0.4, -0.2) is 61.6 Å². The Kier molecular flexibility index (Phi) is 7.81. The zero-order valence-corrected chi connectivity index (χ0v) is 17.3. The fraction of sp³-hybridized carbons (Fsp3) is 0.632. The molecule has 1 aromatic rings. The Labute approximate surface area is 163 Å². The summed E-state index contributed by atoms with van der Waals surface area (Å²) in [7, 11) is 2.22. The normalized spacial score (nSPS) is 24.9. The summed E-state index contributed by atoms with van der Waals surface area (Å²) < 4.78 is 0. The number of benzene rings is 1. The lowest BCUT2D eigenvalue weighted by Crippen LogP contribution is -2.41. The number of halogens is 1. The quantitative estimate of drug-likeness (QED) is 0.442. The highest BCUT2D eigenvalue weighted by Crippen LogP contribution is 2.27. The lowest BCUT2D eigenvalue weighted by molar-refractivity contribution is 0.316. The predicted molar refractivity (Wildman–Crippen MR) is 112 cm³/mol. The van der Waals surface area contributed by atoms with E-state index in [-0.39, 0.29) is 24.0 Å². The number of hydrogen-bond acceptors (Lipinski definition) is 2. The van der Waals surface area contributed by atoms with Gasteiger partial charge in [-0.1, -0.05) is 30.3 Å². The summed E-state index contributed by atoms with van der Waals surface area (Å²) in [5.74, 6) is 1.74. The van der Waals surface area contributed by atoms with E-state index in [1.54, 1.807) is 0 Å². The molecule has 0 aromatic heterocycles. The number of likely N-dealkylation sites (N-methyl/N-ethyl adjacent to an activating group) is 1. The highest BCUT2D eigenvalue weighted by molar-refractivity contribution is 14.0. The van der Waals surface area contributed by atoms with Crippen LogP contribution in [0, 0.1) is 0 Å². The summed E-state index contributed by atoms with van der Waals surface area (Å²) in [5, 5.41) is 3.49. The van der Waals surface area contributed by atoms with Crippen molar-refractivity contribution in [3.8, 4) is 0 Å². The fourth-order valence-corrected chi connectivity index (χ4v) is 3.78. The zero-order valence-electron chi connectivity index (χ0n) is 14.9. The van der Waals surface area contributed by atoms with Crippen LogP contribution < -0.4 is 5.32 Å². The van der Waals surface area contributed by atoms with Gasteiger partial charge in [-0.3, -0.25) is 4.99 Å². The first-order valence-corrected chi connectivity index (χ1v) is 9.06. The van der Waals surface area contributed by atoms with E-state index >= 15 is 0 Å². The van der Waals surface area contributed by atoms with E-state index in [9.17, 15) is 0 Å². The van der Waals surface area contributed by atoms with Crippen molar-refractivity contribution < 1.29 is 0 Å². The molecule has 2 aliphatic rings. The third-order valence-corrected chi connectivity index (χ3v) is 5.22. The minimum atomic E-state index is 0.